The van der Waals surface area contributed by atoms with E-state index in [-0.39, 0.29) is 5.69 Å². The lowest BCUT2D eigenvalue weighted by atomic mass is 10.2. The minimum atomic E-state index is -0.600. The molecule has 0 atom stereocenters. The van der Waals surface area contributed by atoms with Crippen molar-refractivity contribution in [3.8, 4) is 22.1 Å². The van der Waals surface area contributed by atoms with E-state index in [0.29, 0.717) is 29.4 Å². The molecule has 0 aliphatic carbocycles. The zero-order chi connectivity index (χ0) is 19.9. The third-order valence-electron chi connectivity index (χ3n) is 3.63. The summed E-state index contributed by atoms with van der Waals surface area (Å²) in [6.45, 7) is 2.37. The Bertz CT molecular complexity index is 1040. The first-order chi connectivity index (χ1) is 13.6. The summed E-state index contributed by atoms with van der Waals surface area (Å²) in [4.78, 5) is 31.2. The molecule has 0 bridgehead atoms. The molecule has 0 spiro atoms. The van der Waals surface area contributed by atoms with Crippen molar-refractivity contribution in [3.63, 3.8) is 0 Å². The van der Waals surface area contributed by atoms with E-state index >= 15 is 0 Å². The molecule has 28 heavy (non-hydrogen) atoms. The molecule has 0 radical (unpaired) electrons. The number of thiophene rings is 1. The van der Waals surface area contributed by atoms with Crippen LogP contribution < -0.4 is 20.6 Å². The maximum atomic E-state index is 12.3. The van der Waals surface area contributed by atoms with Crippen LogP contribution in [0.25, 0.3) is 10.6 Å². The lowest BCUT2D eigenvalue weighted by molar-refractivity contribution is 0.0949. The summed E-state index contributed by atoms with van der Waals surface area (Å²) < 4.78 is 10.7. The van der Waals surface area contributed by atoms with Crippen LogP contribution in [0.5, 0.6) is 11.5 Å². The fourth-order valence-corrected chi connectivity index (χ4v) is 3.10. The van der Waals surface area contributed by atoms with Gasteiger partial charge in [-0.05, 0) is 48.2 Å². The van der Waals surface area contributed by atoms with Crippen molar-refractivity contribution in [1.82, 2.24) is 15.4 Å². The second-order valence-electron chi connectivity index (χ2n) is 5.50. The molecule has 0 saturated carbocycles. The van der Waals surface area contributed by atoms with Crippen LogP contribution >= 0.6 is 11.3 Å². The molecular formula is C19H18N4O4S. The van der Waals surface area contributed by atoms with Gasteiger partial charge in [0, 0.05) is 0 Å². The third-order valence-corrected chi connectivity index (χ3v) is 4.53. The van der Waals surface area contributed by atoms with Gasteiger partial charge in [0.25, 0.3) is 5.91 Å². The normalized spacial score (nSPS) is 10.8. The van der Waals surface area contributed by atoms with Gasteiger partial charge in [0.2, 0.25) is 0 Å². The molecule has 2 aromatic heterocycles. The smallest absolute Gasteiger partial charge is 0.346 e. The molecule has 3 rings (SSSR count). The van der Waals surface area contributed by atoms with E-state index in [2.05, 4.69) is 20.5 Å². The van der Waals surface area contributed by atoms with Gasteiger partial charge in [0.15, 0.2) is 11.5 Å². The van der Waals surface area contributed by atoms with Crippen LogP contribution in [0.3, 0.4) is 0 Å². The highest BCUT2D eigenvalue weighted by Crippen LogP contribution is 2.27. The largest absolute Gasteiger partial charge is 0.493 e. The number of H-pyrrole nitrogens is 1. The number of amides is 1. The van der Waals surface area contributed by atoms with Crippen molar-refractivity contribution in [2.24, 2.45) is 5.10 Å². The van der Waals surface area contributed by atoms with Crippen molar-refractivity contribution in [2.75, 3.05) is 13.7 Å². The number of ether oxygens (including phenoxy) is 2. The van der Waals surface area contributed by atoms with Gasteiger partial charge in [-0.25, -0.2) is 10.2 Å². The highest BCUT2D eigenvalue weighted by molar-refractivity contribution is 7.13. The van der Waals surface area contributed by atoms with Crippen LogP contribution in [0.4, 0.5) is 0 Å². The first-order valence-corrected chi connectivity index (χ1v) is 9.28. The van der Waals surface area contributed by atoms with Gasteiger partial charge in [0.1, 0.15) is 5.69 Å². The van der Waals surface area contributed by atoms with Gasteiger partial charge < -0.3 is 14.5 Å². The van der Waals surface area contributed by atoms with Crippen LogP contribution in [0.2, 0.25) is 0 Å². The Labute approximate surface area is 164 Å². The molecule has 0 aliphatic rings. The maximum absolute atomic E-state index is 12.3. The summed E-state index contributed by atoms with van der Waals surface area (Å²) in [6, 6.07) is 10.5. The average Bonchev–Trinajstić information content (AvgIpc) is 3.23. The Hall–Kier alpha value is -3.46. The molecule has 3 aromatic rings. The van der Waals surface area contributed by atoms with E-state index in [1.807, 2.05) is 24.4 Å². The number of rotatable bonds is 7. The molecule has 0 saturated heterocycles. The molecule has 0 aliphatic heterocycles. The number of nitrogens with one attached hydrogen (secondary N) is 2. The standard InChI is InChI=1S/C19H18N4O4S/c1-3-27-16-9-12(6-7-15(16)26-2)11-20-23-18(24)14-10-13(21-19(25)22-14)17-5-4-8-28-17/h4-11H,3H2,1-2H3,(H,23,24)(H,21,22,25)/b20-11+. The van der Waals surface area contributed by atoms with Crippen LogP contribution in [-0.4, -0.2) is 35.8 Å². The van der Waals surface area contributed by atoms with E-state index < -0.39 is 11.6 Å². The monoisotopic (exact) mass is 398 g/mol. The third kappa shape index (κ3) is 4.63. The fourth-order valence-electron chi connectivity index (χ4n) is 2.40. The lowest BCUT2D eigenvalue weighted by Gasteiger charge is -2.09. The van der Waals surface area contributed by atoms with Gasteiger partial charge in [0.05, 0.1) is 30.5 Å². The minimum Gasteiger partial charge on any atom is -0.493 e. The van der Waals surface area contributed by atoms with E-state index in [9.17, 15) is 9.59 Å². The van der Waals surface area contributed by atoms with Crippen LogP contribution in [0.15, 0.2) is 51.7 Å². The molecule has 8 nitrogen and oxygen atoms in total. The summed E-state index contributed by atoms with van der Waals surface area (Å²) in [5.74, 6) is 0.604. The number of carbonyl (C=O) groups excluding carboxylic acids is 1. The van der Waals surface area contributed by atoms with Gasteiger partial charge in [-0.3, -0.25) is 4.79 Å². The first-order valence-electron chi connectivity index (χ1n) is 8.40. The Morgan fingerprint density at radius 1 is 1.32 bits per heavy atom. The molecule has 144 valence electrons. The number of hydrogen-bond acceptors (Lipinski definition) is 7. The lowest BCUT2D eigenvalue weighted by Crippen LogP contribution is -2.24. The van der Waals surface area contributed by atoms with E-state index in [0.717, 1.165) is 4.88 Å². The first kappa shape index (κ1) is 19.3. The van der Waals surface area contributed by atoms with E-state index in [1.54, 1.807) is 25.3 Å². The molecule has 1 amide bonds. The summed E-state index contributed by atoms with van der Waals surface area (Å²) in [6.07, 6.45) is 1.47. The zero-order valence-corrected chi connectivity index (χ0v) is 16.1. The highest BCUT2D eigenvalue weighted by atomic mass is 32.1. The maximum Gasteiger partial charge on any atom is 0.346 e. The van der Waals surface area contributed by atoms with Crippen LogP contribution in [0.1, 0.15) is 23.0 Å². The van der Waals surface area contributed by atoms with Crippen LogP contribution in [0, 0.1) is 0 Å². The highest BCUT2D eigenvalue weighted by Gasteiger charge is 2.11. The van der Waals surface area contributed by atoms with Crippen molar-refractivity contribution in [3.05, 3.63) is 63.5 Å². The number of aromatic nitrogens is 2. The van der Waals surface area contributed by atoms with Crippen molar-refractivity contribution >= 4 is 23.5 Å². The second-order valence-corrected chi connectivity index (χ2v) is 6.45. The molecule has 0 fully saturated rings. The Kier molecular flexibility index (Phi) is 6.18. The van der Waals surface area contributed by atoms with Gasteiger partial charge in [-0.2, -0.15) is 10.1 Å². The SMILES string of the molecule is CCOc1cc(/C=N/NC(=O)c2cc(-c3cccs3)[nH]c(=O)n2)ccc1OC. The number of hydrogen-bond donors (Lipinski definition) is 2. The van der Waals surface area contributed by atoms with Crippen LogP contribution in [-0.2, 0) is 0 Å². The molecule has 2 heterocycles. The summed E-state index contributed by atoms with van der Waals surface area (Å²) in [5, 5.41) is 5.80. The minimum absolute atomic E-state index is 0.0194. The molecular weight excluding hydrogens is 380 g/mol. The Morgan fingerprint density at radius 3 is 2.89 bits per heavy atom. The predicted octanol–water partition coefficient (Wildman–Crippen LogP) is 2.67. The molecule has 1 aromatic carbocycles. The summed E-state index contributed by atoms with van der Waals surface area (Å²) in [5.41, 5.74) is 2.99. The Morgan fingerprint density at radius 2 is 2.18 bits per heavy atom. The quantitative estimate of drug-likeness (QED) is 0.470. The number of carbonyl (C=O) groups is 1. The molecule has 9 heteroatoms. The van der Waals surface area contributed by atoms with Crippen molar-refractivity contribution in [1.29, 1.82) is 0 Å². The van der Waals surface area contributed by atoms with Crippen molar-refractivity contribution < 1.29 is 14.3 Å². The molecule has 0 unspecified atom stereocenters. The van der Waals surface area contributed by atoms with Gasteiger partial charge in [-0.1, -0.05) is 6.07 Å². The van der Waals surface area contributed by atoms with Crippen molar-refractivity contribution in [2.45, 2.75) is 6.92 Å². The fraction of sp³-hybridized carbons (Fsp3) is 0.158. The number of nitrogens with zero attached hydrogens (tertiary/aromatic N) is 2. The average molecular weight is 398 g/mol. The summed E-state index contributed by atoms with van der Waals surface area (Å²) in [7, 11) is 1.56. The topological polar surface area (TPSA) is 106 Å². The zero-order valence-electron chi connectivity index (χ0n) is 15.3. The number of aromatic amines is 1. The van der Waals surface area contributed by atoms with Gasteiger partial charge in [-0.15, -0.1) is 11.3 Å². The van der Waals surface area contributed by atoms with E-state index in [4.69, 9.17) is 9.47 Å². The number of benzene rings is 1. The number of hydrazone groups is 1. The summed E-state index contributed by atoms with van der Waals surface area (Å²) >= 11 is 1.45. The molecule has 2 N–H and O–H groups in total. The predicted molar refractivity (Wildman–Crippen MR) is 107 cm³/mol. The van der Waals surface area contributed by atoms with Gasteiger partial charge >= 0.3 is 5.69 Å². The number of methoxy groups -OCH3 is 1. The second kappa shape index (κ2) is 8.96. The Balaban J connectivity index is 1.74. The van der Waals surface area contributed by atoms with E-state index in [1.165, 1.54) is 23.6 Å².